The number of esters is 1. The van der Waals surface area contributed by atoms with Gasteiger partial charge in [-0.15, -0.1) is 0 Å². The van der Waals surface area contributed by atoms with Crippen molar-refractivity contribution in [2.24, 2.45) is 5.73 Å². The number of carbonyl (C=O) groups is 1. The number of hydrogen-bond acceptors (Lipinski definition) is 4. The molecule has 0 spiro atoms. The van der Waals surface area contributed by atoms with Crippen LogP contribution in [0.2, 0.25) is 0 Å². The van der Waals surface area contributed by atoms with Crippen LogP contribution in [-0.4, -0.2) is 24.3 Å². The Morgan fingerprint density at radius 1 is 1.47 bits per heavy atom. The van der Waals surface area contributed by atoms with Crippen LogP contribution in [0, 0.1) is 0 Å². The van der Waals surface area contributed by atoms with Gasteiger partial charge in [0.25, 0.3) is 0 Å². The van der Waals surface area contributed by atoms with Gasteiger partial charge >= 0.3 is 5.97 Å². The largest absolute Gasteiger partial charge is 0.467 e. The third-order valence-electron chi connectivity index (χ3n) is 2.43. The van der Waals surface area contributed by atoms with Crippen molar-refractivity contribution in [2.45, 2.75) is 18.6 Å². The highest BCUT2D eigenvalue weighted by Gasteiger charge is 2.41. The maximum absolute atomic E-state index is 11.6. The van der Waals surface area contributed by atoms with E-state index in [9.17, 15) is 9.90 Å². The zero-order chi connectivity index (χ0) is 11.5. The number of hydrogen-bond donors (Lipinski definition) is 2. The van der Waals surface area contributed by atoms with Gasteiger partial charge in [0.1, 0.15) is 0 Å². The van der Waals surface area contributed by atoms with Crippen LogP contribution in [0.5, 0.6) is 0 Å². The number of aliphatic hydroxyl groups is 1. The lowest BCUT2D eigenvalue weighted by molar-refractivity contribution is -0.151. The van der Waals surface area contributed by atoms with Gasteiger partial charge in [-0.2, -0.15) is 0 Å². The molecule has 1 aromatic carbocycles. The predicted molar refractivity (Wildman–Crippen MR) is 56.0 cm³/mol. The third kappa shape index (κ3) is 2.00. The Kier molecular flexibility index (Phi) is 3.44. The van der Waals surface area contributed by atoms with Crippen molar-refractivity contribution in [3.05, 3.63) is 35.9 Å². The van der Waals surface area contributed by atoms with Crippen LogP contribution in [-0.2, 0) is 15.1 Å². The third-order valence-corrected chi connectivity index (χ3v) is 2.43. The van der Waals surface area contributed by atoms with Crippen molar-refractivity contribution < 1.29 is 14.6 Å². The van der Waals surface area contributed by atoms with Crippen molar-refractivity contribution in [2.75, 3.05) is 7.11 Å². The molecule has 0 heterocycles. The van der Waals surface area contributed by atoms with Gasteiger partial charge in [-0.25, -0.2) is 4.79 Å². The number of rotatable bonds is 3. The van der Waals surface area contributed by atoms with E-state index < -0.39 is 17.6 Å². The zero-order valence-corrected chi connectivity index (χ0v) is 8.81. The van der Waals surface area contributed by atoms with E-state index in [1.807, 2.05) is 6.07 Å². The van der Waals surface area contributed by atoms with Gasteiger partial charge in [0.15, 0.2) is 5.54 Å². The van der Waals surface area contributed by atoms with E-state index in [0.29, 0.717) is 5.56 Å². The Bertz CT molecular complexity index is 337. The quantitative estimate of drug-likeness (QED) is 0.706. The van der Waals surface area contributed by atoms with E-state index in [0.717, 1.165) is 0 Å². The molecule has 82 valence electrons. The Morgan fingerprint density at radius 2 is 2.00 bits per heavy atom. The van der Waals surface area contributed by atoms with E-state index in [1.54, 1.807) is 24.3 Å². The van der Waals surface area contributed by atoms with E-state index >= 15 is 0 Å². The van der Waals surface area contributed by atoms with Crippen molar-refractivity contribution in [1.82, 2.24) is 0 Å². The second-order valence-electron chi connectivity index (χ2n) is 3.40. The van der Waals surface area contributed by atoms with Crippen LogP contribution in [0.15, 0.2) is 30.3 Å². The minimum Gasteiger partial charge on any atom is -0.467 e. The van der Waals surface area contributed by atoms with Crippen LogP contribution in [0.1, 0.15) is 12.5 Å². The van der Waals surface area contributed by atoms with Gasteiger partial charge in [0.05, 0.1) is 13.2 Å². The average Bonchev–Trinajstić information content (AvgIpc) is 2.27. The summed E-state index contributed by atoms with van der Waals surface area (Å²) < 4.78 is 4.61. The topological polar surface area (TPSA) is 72.5 Å². The summed E-state index contributed by atoms with van der Waals surface area (Å²) in [6, 6.07) is 8.68. The van der Waals surface area contributed by atoms with Gasteiger partial charge in [0.2, 0.25) is 0 Å². The molecule has 0 amide bonds. The Morgan fingerprint density at radius 3 is 2.40 bits per heavy atom. The van der Waals surface area contributed by atoms with Crippen molar-refractivity contribution in [3.63, 3.8) is 0 Å². The first-order valence-electron chi connectivity index (χ1n) is 4.64. The molecule has 4 heteroatoms. The summed E-state index contributed by atoms with van der Waals surface area (Å²) in [7, 11) is 1.25. The molecule has 0 aliphatic heterocycles. The number of carbonyl (C=O) groups excluding carboxylic acids is 1. The molecule has 0 aromatic heterocycles. The fraction of sp³-hybridized carbons (Fsp3) is 0.364. The molecule has 1 rings (SSSR count). The number of nitrogens with two attached hydrogens (primary N) is 1. The molecular weight excluding hydrogens is 194 g/mol. The maximum Gasteiger partial charge on any atom is 0.333 e. The second kappa shape index (κ2) is 4.42. The zero-order valence-electron chi connectivity index (χ0n) is 8.81. The van der Waals surface area contributed by atoms with Crippen LogP contribution < -0.4 is 5.73 Å². The van der Waals surface area contributed by atoms with Crippen LogP contribution in [0.25, 0.3) is 0 Å². The minimum atomic E-state index is -1.50. The summed E-state index contributed by atoms with van der Waals surface area (Å²) in [4.78, 5) is 11.6. The standard InChI is InChI=1S/C11H15NO3/c1-8(13)11(12,10(14)15-2)9-6-4-3-5-7-9/h3-8,13H,12H2,1-2H3/t8-,11-/m1/s1. The molecule has 0 radical (unpaired) electrons. The molecule has 0 unspecified atom stereocenters. The number of methoxy groups -OCH3 is 1. The van der Waals surface area contributed by atoms with Gasteiger partial charge in [0, 0.05) is 0 Å². The Labute approximate surface area is 88.7 Å². The average molecular weight is 209 g/mol. The van der Waals surface area contributed by atoms with Crippen molar-refractivity contribution in [3.8, 4) is 0 Å². The first-order valence-corrected chi connectivity index (χ1v) is 4.64. The number of aliphatic hydroxyl groups excluding tert-OH is 1. The summed E-state index contributed by atoms with van der Waals surface area (Å²) in [6.07, 6.45) is -1.02. The monoisotopic (exact) mass is 209 g/mol. The normalized spacial score (nSPS) is 16.5. The second-order valence-corrected chi connectivity index (χ2v) is 3.40. The fourth-order valence-corrected chi connectivity index (χ4v) is 1.41. The minimum absolute atomic E-state index is 0.534. The Balaban J connectivity index is 3.19. The SMILES string of the molecule is COC(=O)[C@](N)(c1ccccc1)[C@@H](C)O. The van der Waals surface area contributed by atoms with E-state index in [4.69, 9.17) is 5.73 Å². The molecule has 2 atom stereocenters. The van der Waals surface area contributed by atoms with Gasteiger partial charge in [-0.05, 0) is 12.5 Å². The number of benzene rings is 1. The highest BCUT2D eigenvalue weighted by Crippen LogP contribution is 2.23. The molecule has 0 aliphatic carbocycles. The van der Waals surface area contributed by atoms with Crippen LogP contribution in [0.4, 0.5) is 0 Å². The lowest BCUT2D eigenvalue weighted by Crippen LogP contribution is -2.53. The first kappa shape index (κ1) is 11.7. The molecule has 3 N–H and O–H groups in total. The summed E-state index contributed by atoms with van der Waals surface area (Å²) in [5, 5.41) is 9.60. The molecule has 0 saturated heterocycles. The number of ether oxygens (including phenoxy) is 1. The predicted octanol–water partition coefficient (Wildman–Crippen LogP) is 0.394. The highest BCUT2D eigenvalue weighted by molar-refractivity contribution is 5.83. The molecule has 15 heavy (non-hydrogen) atoms. The fourth-order valence-electron chi connectivity index (χ4n) is 1.41. The molecule has 0 bridgehead atoms. The molecule has 1 aromatic rings. The highest BCUT2D eigenvalue weighted by atomic mass is 16.5. The molecular formula is C11H15NO3. The lowest BCUT2D eigenvalue weighted by Gasteiger charge is -2.29. The molecule has 4 nitrogen and oxygen atoms in total. The van der Waals surface area contributed by atoms with Gasteiger partial charge in [-0.1, -0.05) is 30.3 Å². The van der Waals surface area contributed by atoms with E-state index in [-0.39, 0.29) is 0 Å². The summed E-state index contributed by atoms with van der Waals surface area (Å²) in [5.74, 6) is -0.649. The van der Waals surface area contributed by atoms with E-state index in [2.05, 4.69) is 4.74 Å². The Hall–Kier alpha value is -1.39. The summed E-state index contributed by atoms with van der Waals surface area (Å²) in [6.45, 7) is 1.46. The lowest BCUT2D eigenvalue weighted by atomic mass is 9.86. The van der Waals surface area contributed by atoms with Crippen molar-refractivity contribution >= 4 is 5.97 Å². The van der Waals surface area contributed by atoms with Crippen LogP contribution >= 0.6 is 0 Å². The maximum atomic E-state index is 11.6. The smallest absolute Gasteiger partial charge is 0.333 e. The van der Waals surface area contributed by atoms with Gasteiger partial charge < -0.3 is 15.6 Å². The summed E-state index contributed by atoms with van der Waals surface area (Å²) in [5.41, 5.74) is 4.92. The van der Waals surface area contributed by atoms with Crippen LogP contribution in [0.3, 0.4) is 0 Å². The van der Waals surface area contributed by atoms with Crippen molar-refractivity contribution in [1.29, 1.82) is 0 Å². The van der Waals surface area contributed by atoms with Gasteiger partial charge in [-0.3, -0.25) is 0 Å². The van der Waals surface area contributed by atoms with E-state index in [1.165, 1.54) is 14.0 Å². The summed E-state index contributed by atoms with van der Waals surface area (Å²) >= 11 is 0. The molecule has 0 fully saturated rings. The molecule has 0 aliphatic rings. The molecule has 0 saturated carbocycles. The first-order chi connectivity index (χ1) is 7.03.